The summed E-state index contributed by atoms with van der Waals surface area (Å²) in [5, 5.41) is 14.7. The third-order valence-electron chi connectivity index (χ3n) is 5.85. The molecule has 0 atom stereocenters. The zero-order chi connectivity index (χ0) is 18.5. The van der Waals surface area contributed by atoms with Crippen molar-refractivity contribution < 1.29 is 9.53 Å². The van der Waals surface area contributed by atoms with Gasteiger partial charge in [0, 0.05) is 25.2 Å². The van der Waals surface area contributed by atoms with Gasteiger partial charge in [0.1, 0.15) is 0 Å². The lowest BCUT2D eigenvalue weighted by Gasteiger charge is -2.37. The molecule has 1 aromatic heterocycles. The van der Waals surface area contributed by atoms with Crippen molar-refractivity contribution in [2.24, 2.45) is 0 Å². The van der Waals surface area contributed by atoms with E-state index in [1.807, 2.05) is 10.7 Å². The molecule has 1 amide bonds. The Morgan fingerprint density at radius 1 is 1.22 bits per heavy atom. The first kappa shape index (κ1) is 18.1. The lowest BCUT2D eigenvalue weighted by atomic mass is 9.74. The Hall–Kier alpha value is -2.25. The van der Waals surface area contributed by atoms with Crippen LogP contribution < -0.4 is 10.6 Å². The second kappa shape index (κ2) is 8.19. The van der Waals surface area contributed by atoms with Gasteiger partial charge in [-0.25, -0.2) is 4.68 Å². The number of hydrogen-bond donors (Lipinski definition) is 2. The summed E-state index contributed by atoms with van der Waals surface area (Å²) in [5.74, 6) is -0.156. The average Bonchev–Trinajstić information content (AvgIpc) is 3.24. The number of benzene rings is 1. The van der Waals surface area contributed by atoms with Gasteiger partial charge in [-0.3, -0.25) is 4.79 Å². The van der Waals surface area contributed by atoms with Gasteiger partial charge in [0.15, 0.2) is 5.69 Å². The van der Waals surface area contributed by atoms with E-state index in [2.05, 4.69) is 45.2 Å². The summed E-state index contributed by atoms with van der Waals surface area (Å²) < 4.78 is 7.41. The highest BCUT2D eigenvalue weighted by Gasteiger charge is 2.35. The lowest BCUT2D eigenvalue weighted by Crippen LogP contribution is -2.44. The molecule has 7 heteroatoms. The lowest BCUT2D eigenvalue weighted by molar-refractivity contribution is 0.0486. The zero-order valence-electron chi connectivity index (χ0n) is 15.6. The second-order valence-electron chi connectivity index (χ2n) is 7.51. The molecule has 0 radical (unpaired) electrons. The van der Waals surface area contributed by atoms with Gasteiger partial charge in [-0.05, 0) is 44.3 Å². The van der Waals surface area contributed by atoms with Gasteiger partial charge in [0.25, 0.3) is 5.91 Å². The summed E-state index contributed by atoms with van der Waals surface area (Å²) in [6.45, 7) is 3.98. The van der Waals surface area contributed by atoms with Gasteiger partial charge in [0.2, 0.25) is 0 Å². The van der Waals surface area contributed by atoms with Crippen LogP contribution in [0.4, 0.5) is 0 Å². The third-order valence-corrected chi connectivity index (χ3v) is 5.85. The van der Waals surface area contributed by atoms with Crippen LogP contribution in [0.5, 0.6) is 0 Å². The number of ether oxygens (including phenoxy) is 1. The molecule has 2 aliphatic heterocycles. The number of carbonyl (C=O) groups is 1. The average molecular weight is 369 g/mol. The largest absolute Gasteiger partial charge is 0.381 e. The molecule has 2 saturated heterocycles. The van der Waals surface area contributed by atoms with Crippen LogP contribution in [0.2, 0.25) is 0 Å². The molecule has 0 unspecified atom stereocenters. The molecule has 0 spiro atoms. The van der Waals surface area contributed by atoms with Crippen molar-refractivity contribution in [3.05, 3.63) is 47.8 Å². The Bertz CT molecular complexity index is 749. The summed E-state index contributed by atoms with van der Waals surface area (Å²) in [5.41, 5.74) is 1.57. The highest BCUT2D eigenvalue weighted by Crippen LogP contribution is 2.34. The first-order chi connectivity index (χ1) is 13.3. The molecule has 2 fully saturated rings. The number of nitrogens with zero attached hydrogens (tertiary/aromatic N) is 3. The van der Waals surface area contributed by atoms with Crippen molar-refractivity contribution in [3.8, 4) is 0 Å². The molecule has 3 heterocycles. The normalized spacial score (nSPS) is 20.3. The minimum Gasteiger partial charge on any atom is -0.381 e. The van der Waals surface area contributed by atoms with Crippen molar-refractivity contribution in [2.75, 3.05) is 32.8 Å². The summed E-state index contributed by atoms with van der Waals surface area (Å²) in [7, 11) is 0. The molecule has 0 aliphatic carbocycles. The van der Waals surface area contributed by atoms with Gasteiger partial charge in [-0.1, -0.05) is 35.5 Å². The van der Waals surface area contributed by atoms with E-state index >= 15 is 0 Å². The Balaban J connectivity index is 1.43. The molecule has 0 saturated carbocycles. The quantitative estimate of drug-likeness (QED) is 0.838. The summed E-state index contributed by atoms with van der Waals surface area (Å²) >= 11 is 0. The van der Waals surface area contributed by atoms with Gasteiger partial charge in [0.05, 0.1) is 12.2 Å². The van der Waals surface area contributed by atoms with Crippen LogP contribution in [-0.4, -0.2) is 53.7 Å². The van der Waals surface area contributed by atoms with Crippen molar-refractivity contribution in [1.82, 2.24) is 25.6 Å². The van der Waals surface area contributed by atoms with E-state index in [0.717, 1.165) is 52.0 Å². The minimum atomic E-state index is -0.156. The molecule has 27 heavy (non-hydrogen) atoms. The number of nitrogens with one attached hydrogen (secondary N) is 2. The Morgan fingerprint density at radius 2 is 1.96 bits per heavy atom. The molecule has 2 aromatic rings. The predicted octanol–water partition coefficient (Wildman–Crippen LogP) is 1.68. The van der Waals surface area contributed by atoms with Crippen molar-refractivity contribution in [2.45, 2.75) is 37.1 Å². The third kappa shape index (κ3) is 4.04. The molecule has 2 N–H and O–H groups in total. The SMILES string of the molecule is O=C(NCC1(c2ccccc2)CCOCC1)c1cn(C2CCNCC2)nn1. The number of carbonyl (C=O) groups excluding carboxylic acids is 1. The van der Waals surface area contributed by atoms with Gasteiger partial charge in [-0.2, -0.15) is 0 Å². The molecule has 144 valence electrons. The highest BCUT2D eigenvalue weighted by atomic mass is 16.5. The Kier molecular flexibility index (Phi) is 5.50. The van der Waals surface area contributed by atoms with Crippen LogP contribution >= 0.6 is 0 Å². The van der Waals surface area contributed by atoms with E-state index in [-0.39, 0.29) is 11.3 Å². The zero-order valence-corrected chi connectivity index (χ0v) is 15.6. The van der Waals surface area contributed by atoms with E-state index < -0.39 is 0 Å². The number of rotatable bonds is 5. The van der Waals surface area contributed by atoms with E-state index in [1.165, 1.54) is 5.56 Å². The fourth-order valence-corrected chi connectivity index (χ4v) is 4.09. The number of hydrogen-bond acceptors (Lipinski definition) is 5. The maximum absolute atomic E-state index is 12.7. The van der Waals surface area contributed by atoms with Crippen LogP contribution in [0.3, 0.4) is 0 Å². The van der Waals surface area contributed by atoms with Crippen LogP contribution in [0.15, 0.2) is 36.5 Å². The smallest absolute Gasteiger partial charge is 0.273 e. The van der Waals surface area contributed by atoms with E-state index in [4.69, 9.17) is 4.74 Å². The van der Waals surface area contributed by atoms with Gasteiger partial charge < -0.3 is 15.4 Å². The number of amides is 1. The fourth-order valence-electron chi connectivity index (χ4n) is 4.09. The fraction of sp³-hybridized carbons (Fsp3) is 0.550. The second-order valence-corrected chi connectivity index (χ2v) is 7.51. The van der Waals surface area contributed by atoms with Crippen LogP contribution in [-0.2, 0) is 10.2 Å². The van der Waals surface area contributed by atoms with E-state index in [9.17, 15) is 4.79 Å². The summed E-state index contributed by atoms with van der Waals surface area (Å²) in [6, 6.07) is 10.7. The Morgan fingerprint density at radius 3 is 2.70 bits per heavy atom. The topological polar surface area (TPSA) is 81.1 Å². The molecule has 2 aliphatic rings. The van der Waals surface area contributed by atoms with Crippen molar-refractivity contribution >= 4 is 5.91 Å². The molecule has 0 bridgehead atoms. The van der Waals surface area contributed by atoms with Gasteiger partial charge in [-0.15, -0.1) is 5.10 Å². The standard InChI is InChI=1S/C20H27N5O2/c26-19(18-14-25(24-23-18)17-6-10-21-11-7-17)22-15-20(8-12-27-13-9-20)16-4-2-1-3-5-16/h1-5,14,17,21H,6-13,15H2,(H,22,26). The molecule has 7 nitrogen and oxygen atoms in total. The monoisotopic (exact) mass is 369 g/mol. The van der Waals surface area contributed by atoms with Crippen molar-refractivity contribution in [3.63, 3.8) is 0 Å². The summed E-state index contributed by atoms with van der Waals surface area (Å²) in [6.07, 6.45) is 5.62. The first-order valence-corrected chi connectivity index (χ1v) is 9.81. The highest BCUT2D eigenvalue weighted by molar-refractivity contribution is 5.91. The molecular weight excluding hydrogens is 342 g/mol. The van der Waals surface area contributed by atoms with Crippen molar-refractivity contribution in [1.29, 1.82) is 0 Å². The number of piperidine rings is 1. The summed E-state index contributed by atoms with van der Waals surface area (Å²) in [4.78, 5) is 12.7. The molecule has 1 aromatic carbocycles. The van der Waals surface area contributed by atoms with Gasteiger partial charge >= 0.3 is 0 Å². The Labute approximate surface area is 159 Å². The van der Waals surface area contributed by atoms with Crippen LogP contribution in [0.25, 0.3) is 0 Å². The minimum absolute atomic E-state index is 0.0831. The van der Waals surface area contributed by atoms with E-state index in [0.29, 0.717) is 18.3 Å². The van der Waals surface area contributed by atoms with Crippen LogP contribution in [0, 0.1) is 0 Å². The number of aromatic nitrogens is 3. The first-order valence-electron chi connectivity index (χ1n) is 9.81. The maximum atomic E-state index is 12.7. The molecule has 4 rings (SSSR count). The molecular formula is C20H27N5O2. The van der Waals surface area contributed by atoms with Crippen LogP contribution in [0.1, 0.15) is 47.8 Å². The van der Waals surface area contributed by atoms with E-state index in [1.54, 1.807) is 6.20 Å². The predicted molar refractivity (Wildman–Crippen MR) is 102 cm³/mol. The maximum Gasteiger partial charge on any atom is 0.273 e.